The molecule has 3 rings (SSSR count). The fraction of sp³-hybridized carbons (Fsp3) is 0.167. The Hall–Kier alpha value is -2.26. The zero-order valence-electron chi connectivity index (χ0n) is 12.5. The maximum Gasteiger partial charge on any atom is 0.228 e. The Balaban J connectivity index is 1.83. The lowest BCUT2D eigenvalue weighted by Crippen LogP contribution is -2.14. The summed E-state index contributed by atoms with van der Waals surface area (Å²) >= 11 is 6.07. The highest BCUT2D eigenvalue weighted by atomic mass is 35.5. The number of aromatic nitrogens is 1. The number of benzene rings is 2. The number of carbonyl (C=O) groups excluding carboxylic acids is 1. The molecule has 3 nitrogen and oxygen atoms in total. The number of H-pyrrole nitrogens is 1. The summed E-state index contributed by atoms with van der Waals surface area (Å²) in [6.07, 6.45) is 0.319. The van der Waals surface area contributed by atoms with Crippen LogP contribution in [-0.4, -0.2) is 10.9 Å². The molecular formula is C18H17ClN2O. The van der Waals surface area contributed by atoms with Crippen LogP contribution >= 0.6 is 11.6 Å². The van der Waals surface area contributed by atoms with Crippen molar-refractivity contribution in [2.24, 2.45) is 0 Å². The second-order valence-electron chi connectivity index (χ2n) is 5.51. The van der Waals surface area contributed by atoms with E-state index in [0.29, 0.717) is 11.4 Å². The fourth-order valence-electron chi connectivity index (χ4n) is 2.59. The molecule has 0 saturated heterocycles. The molecule has 1 amide bonds. The smallest absolute Gasteiger partial charge is 0.228 e. The number of halogens is 1. The molecule has 0 aliphatic heterocycles. The minimum Gasteiger partial charge on any atom is -0.358 e. The van der Waals surface area contributed by atoms with Gasteiger partial charge < -0.3 is 10.3 Å². The van der Waals surface area contributed by atoms with Gasteiger partial charge in [0, 0.05) is 27.3 Å². The predicted octanol–water partition coefficient (Wildman–Crippen LogP) is 4.62. The van der Waals surface area contributed by atoms with Crippen LogP contribution in [0.1, 0.15) is 16.8 Å². The van der Waals surface area contributed by atoms with Gasteiger partial charge in [0.2, 0.25) is 5.91 Å². The molecule has 112 valence electrons. The van der Waals surface area contributed by atoms with E-state index < -0.39 is 0 Å². The molecule has 0 atom stereocenters. The van der Waals surface area contributed by atoms with E-state index >= 15 is 0 Å². The lowest BCUT2D eigenvalue weighted by atomic mass is 10.1. The Kier molecular flexibility index (Phi) is 3.90. The van der Waals surface area contributed by atoms with Crippen LogP contribution in [0.25, 0.3) is 10.9 Å². The molecule has 0 saturated carbocycles. The Bertz CT molecular complexity index is 834. The Labute approximate surface area is 134 Å². The van der Waals surface area contributed by atoms with Gasteiger partial charge in [-0.15, -0.1) is 0 Å². The van der Waals surface area contributed by atoms with Crippen LogP contribution in [0.15, 0.2) is 42.5 Å². The first kappa shape index (κ1) is 14.7. The van der Waals surface area contributed by atoms with Crippen molar-refractivity contribution >= 4 is 34.1 Å². The van der Waals surface area contributed by atoms with Crippen LogP contribution in [0.3, 0.4) is 0 Å². The number of anilines is 1. The molecule has 0 spiro atoms. The Morgan fingerprint density at radius 2 is 1.86 bits per heavy atom. The van der Waals surface area contributed by atoms with Gasteiger partial charge in [0.05, 0.1) is 6.42 Å². The average Bonchev–Trinajstić information content (AvgIpc) is 2.77. The third-order valence-electron chi connectivity index (χ3n) is 3.75. The predicted molar refractivity (Wildman–Crippen MR) is 91.6 cm³/mol. The average molecular weight is 313 g/mol. The summed E-state index contributed by atoms with van der Waals surface area (Å²) in [5, 5.41) is 4.60. The van der Waals surface area contributed by atoms with Crippen LogP contribution in [0.5, 0.6) is 0 Å². The summed E-state index contributed by atoms with van der Waals surface area (Å²) in [4.78, 5) is 15.6. The summed E-state index contributed by atoms with van der Waals surface area (Å²) in [6.45, 7) is 3.99. The van der Waals surface area contributed by atoms with Crippen molar-refractivity contribution in [3.05, 3.63) is 64.3 Å². The number of hydrogen-bond donors (Lipinski definition) is 2. The second kappa shape index (κ2) is 5.85. The zero-order valence-corrected chi connectivity index (χ0v) is 13.3. The minimum absolute atomic E-state index is 0.0344. The van der Waals surface area contributed by atoms with E-state index in [1.54, 1.807) is 0 Å². The van der Waals surface area contributed by atoms with Crippen molar-refractivity contribution in [1.82, 2.24) is 4.98 Å². The van der Waals surface area contributed by atoms with Crippen LogP contribution in [0.4, 0.5) is 5.69 Å². The van der Waals surface area contributed by atoms with Gasteiger partial charge in [0.25, 0.3) is 0 Å². The first-order valence-corrected chi connectivity index (χ1v) is 7.54. The Morgan fingerprint density at radius 1 is 1.14 bits per heavy atom. The molecule has 1 aromatic heterocycles. The van der Waals surface area contributed by atoms with Gasteiger partial charge in [-0.05, 0) is 49.7 Å². The van der Waals surface area contributed by atoms with Crippen molar-refractivity contribution in [2.45, 2.75) is 20.3 Å². The highest BCUT2D eigenvalue weighted by Gasteiger charge is 2.13. The van der Waals surface area contributed by atoms with Crippen molar-refractivity contribution < 1.29 is 4.79 Å². The summed E-state index contributed by atoms with van der Waals surface area (Å²) in [5.41, 5.74) is 4.96. The summed E-state index contributed by atoms with van der Waals surface area (Å²) < 4.78 is 0. The van der Waals surface area contributed by atoms with Crippen molar-refractivity contribution in [1.29, 1.82) is 0 Å². The topological polar surface area (TPSA) is 44.9 Å². The van der Waals surface area contributed by atoms with E-state index in [9.17, 15) is 4.79 Å². The highest BCUT2D eigenvalue weighted by molar-refractivity contribution is 6.31. The normalized spacial score (nSPS) is 10.9. The van der Waals surface area contributed by atoms with E-state index in [4.69, 9.17) is 11.6 Å². The molecule has 0 fully saturated rings. The zero-order chi connectivity index (χ0) is 15.7. The summed E-state index contributed by atoms with van der Waals surface area (Å²) in [6, 6.07) is 13.5. The van der Waals surface area contributed by atoms with Crippen LogP contribution in [0.2, 0.25) is 5.02 Å². The van der Waals surface area contributed by atoms with Gasteiger partial charge in [-0.1, -0.05) is 29.3 Å². The maximum absolute atomic E-state index is 12.3. The fourth-order valence-corrected chi connectivity index (χ4v) is 2.76. The van der Waals surface area contributed by atoms with E-state index in [1.807, 2.05) is 56.3 Å². The summed E-state index contributed by atoms with van der Waals surface area (Å²) in [7, 11) is 0. The summed E-state index contributed by atoms with van der Waals surface area (Å²) in [5.74, 6) is -0.0344. The van der Waals surface area contributed by atoms with E-state index in [2.05, 4.69) is 10.3 Å². The van der Waals surface area contributed by atoms with Crippen molar-refractivity contribution in [3.63, 3.8) is 0 Å². The quantitative estimate of drug-likeness (QED) is 0.728. The SMILES string of the molecule is Cc1ccc(NC(=O)Cc2c(C)[nH]c3ccc(Cl)cc23)cc1. The number of amides is 1. The number of nitrogens with one attached hydrogen (secondary N) is 2. The number of carbonyl (C=O) groups is 1. The lowest BCUT2D eigenvalue weighted by molar-refractivity contribution is -0.115. The maximum atomic E-state index is 12.3. The molecule has 0 unspecified atom stereocenters. The molecule has 3 aromatic rings. The van der Waals surface area contributed by atoms with Crippen LogP contribution in [0, 0.1) is 13.8 Å². The molecule has 0 radical (unpaired) electrons. The molecule has 1 heterocycles. The molecule has 2 N–H and O–H groups in total. The number of hydrogen-bond acceptors (Lipinski definition) is 1. The van der Waals surface area contributed by atoms with Gasteiger partial charge in [-0.3, -0.25) is 4.79 Å². The molecule has 0 bridgehead atoms. The van der Waals surface area contributed by atoms with Gasteiger partial charge in [0.15, 0.2) is 0 Å². The van der Waals surface area contributed by atoms with Gasteiger partial charge in [-0.25, -0.2) is 0 Å². The second-order valence-corrected chi connectivity index (χ2v) is 5.95. The van der Waals surface area contributed by atoms with Crippen molar-refractivity contribution in [2.75, 3.05) is 5.32 Å². The molecular weight excluding hydrogens is 296 g/mol. The van der Waals surface area contributed by atoms with E-state index in [1.165, 1.54) is 5.56 Å². The van der Waals surface area contributed by atoms with Gasteiger partial charge >= 0.3 is 0 Å². The first-order valence-electron chi connectivity index (χ1n) is 7.16. The number of aromatic amines is 1. The number of aryl methyl sites for hydroxylation is 2. The monoisotopic (exact) mass is 312 g/mol. The standard InChI is InChI=1S/C18H17ClN2O/c1-11-3-6-14(7-4-11)21-18(22)10-15-12(2)20-17-8-5-13(19)9-16(15)17/h3-9,20H,10H2,1-2H3,(H,21,22). The first-order chi connectivity index (χ1) is 10.5. The van der Waals surface area contributed by atoms with E-state index in [-0.39, 0.29) is 5.91 Å². The highest BCUT2D eigenvalue weighted by Crippen LogP contribution is 2.26. The molecule has 4 heteroatoms. The van der Waals surface area contributed by atoms with Gasteiger partial charge in [-0.2, -0.15) is 0 Å². The Morgan fingerprint density at radius 3 is 2.59 bits per heavy atom. The largest absolute Gasteiger partial charge is 0.358 e. The molecule has 0 aliphatic rings. The molecule has 2 aromatic carbocycles. The molecule has 22 heavy (non-hydrogen) atoms. The van der Waals surface area contributed by atoms with E-state index in [0.717, 1.165) is 27.8 Å². The minimum atomic E-state index is -0.0344. The number of rotatable bonds is 3. The lowest BCUT2D eigenvalue weighted by Gasteiger charge is -2.06. The van der Waals surface area contributed by atoms with Crippen LogP contribution in [-0.2, 0) is 11.2 Å². The third-order valence-corrected chi connectivity index (χ3v) is 3.99. The molecule has 0 aliphatic carbocycles. The van der Waals surface area contributed by atoms with Crippen molar-refractivity contribution in [3.8, 4) is 0 Å². The van der Waals surface area contributed by atoms with Gasteiger partial charge in [0.1, 0.15) is 0 Å². The number of fused-ring (bicyclic) bond motifs is 1. The van der Waals surface area contributed by atoms with Crippen LogP contribution < -0.4 is 5.32 Å². The third kappa shape index (κ3) is 3.00.